The summed E-state index contributed by atoms with van der Waals surface area (Å²) in [7, 11) is 0. The summed E-state index contributed by atoms with van der Waals surface area (Å²) in [5, 5.41) is 10.8. The third kappa shape index (κ3) is 3.05. The first-order chi connectivity index (χ1) is 13.2. The summed E-state index contributed by atoms with van der Waals surface area (Å²) in [6, 6.07) is 0. The summed E-state index contributed by atoms with van der Waals surface area (Å²) in [4.78, 5) is 49.2. The normalized spacial score (nSPS) is 43.9. The van der Waals surface area contributed by atoms with Crippen LogP contribution in [0.25, 0.3) is 0 Å². The molecule has 0 bridgehead atoms. The molecule has 0 heterocycles. The van der Waals surface area contributed by atoms with Crippen LogP contribution in [0.3, 0.4) is 0 Å². The number of carbonyl (C=O) groups excluding carboxylic acids is 4. The molecule has 0 aromatic rings. The molecule has 0 aliphatic heterocycles. The Morgan fingerprint density at radius 2 is 1.82 bits per heavy atom. The second kappa shape index (κ2) is 7.07. The molecule has 4 aliphatic carbocycles. The molecule has 5 heteroatoms. The van der Waals surface area contributed by atoms with Gasteiger partial charge in [-0.05, 0) is 67.1 Å². The number of hydrogen-bond donors (Lipinski definition) is 0. The zero-order valence-corrected chi connectivity index (χ0v) is 16.9. The van der Waals surface area contributed by atoms with Crippen molar-refractivity contribution < 1.29 is 24.3 Å². The minimum Gasteiger partial charge on any atom is -0.550 e. The van der Waals surface area contributed by atoms with Crippen molar-refractivity contribution >= 4 is 23.3 Å². The van der Waals surface area contributed by atoms with E-state index in [9.17, 15) is 24.3 Å². The molecule has 5 nitrogen and oxygen atoms in total. The van der Waals surface area contributed by atoms with Crippen LogP contribution in [0.1, 0.15) is 71.6 Å². The number of Topliss-reactive ketones (excluding diaryl/α,β-unsaturated/α-hetero) is 3. The van der Waals surface area contributed by atoms with Crippen LogP contribution >= 0.6 is 0 Å². The molecule has 1 unspecified atom stereocenters. The van der Waals surface area contributed by atoms with E-state index >= 15 is 0 Å². The molecular formula is C23H31O5-. The van der Waals surface area contributed by atoms with Gasteiger partial charge >= 0.3 is 0 Å². The molecule has 154 valence electrons. The van der Waals surface area contributed by atoms with Crippen LogP contribution in [0.4, 0.5) is 0 Å². The van der Waals surface area contributed by atoms with E-state index < -0.39 is 5.97 Å². The largest absolute Gasteiger partial charge is 0.550 e. The molecule has 0 aromatic carbocycles. The number of hydrogen-bond acceptors (Lipinski definition) is 5. The van der Waals surface area contributed by atoms with E-state index in [1.807, 2.05) is 6.92 Å². The Kier molecular flexibility index (Phi) is 4.99. The molecule has 0 saturated heterocycles. The summed E-state index contributed by atoms with van der Waals surface area (Å²) in [5.41, 5.74) is -0.0776. The van der Waals surface area contributed by atoms with Crippen LogP contribution in [-0.2, 0) is 19.2 Å². The second-order valence-electron chi connectivity index (χ2n) is 10.2. The number of ketones is 3. The first-order valence-corrected chi connectivity index (χ1v) is 11.0. The van der Waals surface area contributed by atoms with Gasteiger partial charge in [-0.3, -0.25) is 14.4 Å². The number of carboxylic acids is 1. The lowest BCUT2D eigenvalue weighted by molar-refractivity contribution is -0.306. The van der Waals surface area contributed by atoms with Crippen LogP contribution in [-0.4, -0.2) is 23.3 Å². The van der Waals surface area contributed by atoms with Crippen molar-refractivity contribution in [1.82, 2.24) is 0 Å². The summed E-state index contributed by atoms with van der Waals surface area (Å²) >= 11 is 0. The summed E-state index contributed by atoms with van der Waals surface area (Å²) < 4.78 is 0. The predicted octanol–water partition coefficient (Wildman–Crippen LogP) is 2.35. The molecule has 4 saturated carbocycles. The number of carboxylic acid groups (broad SMARTS) is 1. The average molecular weight is 387 g/mol. The molecule has 28 heavy (non-hydrogen) atoms. The van der Waals surface area contributed by atoms with Crippen molar-refractivity contribution in [2.24, 2.45) is 46.8 Å². The topological polar surface area (TPSA) is 91.3 Å². The molecule has 0 amide bonds. The van der Waals surface area contributed by atoms with Crippen molar-refractivity contribution in [3.8, 4) is 0 Å². The molecule has 8 atom stereocenters. The first kappa shape index (κ1) is 19.8. The molecule has 0 N–H and O–H groups in total. The summed E-state index contributed by atoms with van der Waals surface area (Å²) in [6.07, 6.45) is 5.20. The van der Waals surface area contributed by atoms with E-state index in [0.29, 0.717) is 32.1 Å². The lowest BCUT2D eigenvalue weighted by Crippen LogP contribution is -2.57. The highest BCUT2D eigenvalue weighted by Gasteiger charge is 2.61. The smallest absolute Gasteiger partial charge is 0.136 e. The summed E-state index contributed by atoms with van der Waals surface area (Å²) in [6.45, 7) is 4.26. The molecule has 4 aliphatic rings. The van der Waals surface area contributed by atoms with Gasteiger partial charge in [0.1, 0.15) is 17.3 Å². The van der Waals surface area contributed by atoms with Gasteiger partial charge in [0.2, 0.25) is 0 Å². The number of carbonyl (C=O) groups is 4. The molecule has 0 radical (unpaired) electrons. The zero-order valence-electron chi connectivity index (χ0n) is 16.9. The number of aliphatic carboxylic acids is 1. The van der Waals surface area contributed by atoms with Gasteiger partial charge in [0.25, 0.3) is 0 Å². The van der Waals surface area contributed by atoms with Crippen LogP contribution in [0.5, 0.6) is 0 Å². The average Bonchev–Trinajstić information content (AvgIpc) is 3.07. The first-order valence-electron chi connectivity index (χ1n) is 11.0. The molecule has 0 spiro atoms. The lowest BCUT2D eigenvalue weighted by Gasteiger charge is -2.56. The molecule has 0 aromatic heterocycles. The van der Waals surface area contributed by atoms with Crippen LogP contribution in [0.2, 0.25) is 0 Å². The Bertz CT molecular complexity index is 712. The van der Waals surface area contributed by atoms with Crippen LogP contribution in [0.15, 0.2) is 0 Å². The van der Waals surface area contributed by atoms with E-state index in [-0.39, 0.29) is 70.6 Å². The highest BCUT2D eigenvalue weighted by Crippen LogP contribution is 2.62. The maximum atomic E-state index is 13.3. The SMILES string of the molecule is C[C@@H](CCC(=O)[O-])[C@H]1CC[C@@H]2C1C(=O)C[C@H]1[C@H]2C(=O)C[C@@H]2CC(=O)CC[C@@]21C. The van der Waals surface area contributed by atoms with Crippen molar-refractivity contribution in [3.05, 3.63) is 0 Å². The van der Waals surface area contributed by atoms with E-state index in [0.717, 1.165) is 19.3 Å². The Morgan fingerprint density at radius 3 is 2.54 bits per heavy atom. The zero-order chi connectivity index (χ0) is 20.2. The fourth-order valence-corrected chi connectivity index (χ4v) is 7.42. The van der Waals surface area contributed by atoms with Crippen molar-refractivity contribution in [2.75, 3.05) is 0 Å². The third-order valence-corrected chi connectivity index (χ3v) is 8.99. The van der Waals surface area contributed by atoms with Crippen molar-refractivity contribution in [2.45, 2.75) is 71.6 Å². The van der Waals surface area contributed by atoms with Crippen molar-refractivity contribution in [1.29, 1.82) is 0 Å². The Morgan fingerprint density at radius 1 is 1.11 bits per heavy atom. The van der Waals surface area contributed by atoms with Gasteiger partial charge in [-0.25, -0.2) is 0 Å². The fourth-order valence-electron chi connectivity index (χ4n) is 7.42. The van der Waals surface area contributed by atoms with Gasteiger partial charge in [0, 0.05) is 43.5 Å². The second-order valence-corrected chi connectivity index (χ2v) is 10.2. The van der Waals surface area contributed by atoms with Gasteiger partial charge in [0.15, 0.2) is 0 Å². The van der Waals surface area contributed by atoms with Gasteiger partial charge in [0.05, 0.1) is 0 Å². The number of rotatable bonds is 4. The van der Waals surface area contributed by atoms with Crippen LogP contribution in [0, 0.1) is 46.8 Å². The number of fused-ring (bicyclic) bond motifs is 5. The fraction of sp³-hybridized carbons (Fsp3) is 0.826. The van der Waals surface area contributed by atoms with E-state index in [4.69, 9.17) is 0 Å². The predicted molar refractivity (Wildman–Crippen MR) is 99.8 cm³/mol. The highest BCUT2D eigenvalue weighted by atomic mass is 16.4. The molecular weight excluding hydrogens is 356 g/mol. The maximum Gasteiger partial charge on any atom is 0.136 e. The minimum absolute atomic E-state index is 0.0298. The molecule has 4 fully saturated rings. The van der Waals surface area contributed by atoms with Gasteiger partial charge in [-0.15, -0.1) is 0 Å². The Balaban J connectivity index is 1.58. The van der Waals surface area contributed by atoms with Gasteiger partial charge in [-0.1, -0.05) is 13.8 Å². The minimum atomic E-state index is -1.04. The third-order valence-electron chi connectivity index (χ3n) is 8.99. The van der Waals surface area contributed by atoms with Gasteiger partial charge < -0.3 is 9.90 Å². The standard InChI is InChI=1S/C23H32O5/c1-12(3-6-20(27)28)15-4-5-16-21(15)19(26)11-17-22(16)18(25)10-13-9-14(24)7-8-23(13,17)2/h12-13,15-17,21-22H,3-11H2,1-2H3,(H,27,28)/p-1/t12-,13-,15+,16+,17-,21?,22-,23-/m0/s1. The quantitative estimate of drug-likeness (QED) is 0.738. The van der Waals surface area contributed by atoms with E-state index in [1.165, 1.54) is 0 Å². The Hall–Kier alpha value is -1.52. The summed E-state index contributed by atoms with van der Waals surface area (Å²) in [5.74, 6) is 0.275. The van der Waals surface area contributed by atoms with E-state index in [2.05, 4.69) is 6.92 Å². The molecule has 4 rings (SSSR count). The van der Waals surface area contributed by atoms with Crippen molar-refractivity contribution in [3.63, 3.8) is 0 Å². The highest BCUT2D eigenvalue weighted by molar-refractivity contribution is 5.91. The van der Waals surface area contributed by atoms with E-state index in [1.54, 1.807) is 0 Å². The Labute approximate surface area is 166 Å². The maximum absolute atomic E-state index is 13.3. The van der Waals surface area contributed by atoms with Crippen LogP contribution < -0.4 is 5.11 Å². The lowest BCUT2D eigenvalue weighted by atomic mass is 9.46. The monoisotopic (exact) mass is 387 g/mol. The van der Waals surface area contributed by atoms with Gasteiger partial charge in [-0.2, -0.15) is 0 Å².